The fourth-order valence-electron chi connectivity index (χ4n) is 2.33. The summed E-state index contributed by atoms with van der Waals surface area (Å²) in [6.45, 7) is 3.02. The van der Waals surface area contributed by atoms with Crippen molar-refractivity contribution in [3.63, 3.8) is 0 Å². The second-order valence-electron chi connectivity index (χ2n) is 6.33. The van der Waals surface area contributed by atoms with Crippen LogP contribution in [0.25, 0.3) is 0 Å². The number of hydrogen-bond donors (Lipinski definition) is 2. The summed E-state index contributed by atoms with van der Waals surface area (Å²) in [5.74, 6) is -0.292. The largest absolute Gasteiger partial charge is 0.416 e. The average Bonchev–Trinajstić information content (AvgIpc) is 2.57. The van der Waals surface area contributed by atoms with Gasteiger partial charge in [0.1, 0.15) is 5.69 Å². The quantitative estimate of drug-likeness (QED) is 0.721. The highest BCUT2D eigenvalue weighted by Gasteiger charge is 2.30. The highest BCUT2D eigenvalue weighted by Crippen LogP contribution is 2.31. The van der Waals surface area contributed by atoms with E-state index in [4.69, 9.17) is 0 Å². The van der Waals surface area contributed by atoms with Crippen LogP contribution in [0.2, 0.25) is 0 Å². The molecule has 0 aliphatic rings. The summed E-state index contributed by atoms with van der Waals surface area (Å²) in [4.78, 5) is 22.5. The molecule has 0 saturated heterocycles. The highest BCUT2D eigenvalue weighted by molar-refractivity contribution is 5.92. The second-order valence-corrected chi connectivity index (χ2v) is 6.33. The van der Waals surface area contributed by atoms with Gasteiger partial charge in [0.15, 0.2) is 0 Å². The van der Waals surface area contributed by atoms with Gasteiger partial charge in [-0.3, -0.25) is 4.79 Å². The van der Waals surface area contributed by atoms with Crippen molar-refractivity contribution < 1.29 is 18.0 Å². The molecule has 2 aromatic rings. The Bertz CT molecular complexity index is 793. The summed E-state index contributed by atoms with van der Waals surface area (Å²) in [5.41, 5.74) is 0.0894. The molecule has 1 amide bonds. The summed E-state index contributed by atoms with van der Waals surface area (Å²) in [5, 5.41) is 5.50. The molecule has 0 atom stereocenters. The third kappa shape index (κ3) is 6.52. The Balaban J connectivity index is 2.10. The van der Waals surface area contributed by atoms with E-state index in [2.05, 4.69) is 20.6 Å². The molecule has 9 heteroatoms. The van der Waals surface area contributed by atoms with Crippen LogP contribution >= 0.6 is 0 Å². The van der Waals surface area contributed by atoms with Crippen molar-refractivity contribution in [1.82, 2.24) is 20.2 Å². The smallest absolute Gasteiger partial charge is 0.351 e. The van der Waals surface area contributed by atoms with Crippen LogP contribution in [0, 0.1) is 6.92 Å². The van der Waals surface area contributed by atoms with E-state index in [0.29, 0.717) is 12.2 Å². The van der Waals surface area contributed by atoms with E-state index in [1.54, 1.807) is 6.92 Å². The first-order valence-corrected chi connectivity index (χ1v) is 8.38. The lowest BCUT2D eigenvalue weighted by molar-refractivity contribution is -0.137. The van der Waals surface area contributed by atoms with E-state index in [1.807, 2.05) is 19.0 Å². The number of hydrogen-bond acceptors (Lipinski definition) is 5. The first kappa shape index (κ1) is 20.6. The zero-order valence-corrected chi connectivity index (χ0v) is 15.4. The standard InChI is InChI=1S/C18H22F3N5O/c1-12-10-15(16(27)22-8-5-9-26(2)3)25-17(23-12)24-14-7-4-6-13(11-14)18(19,20)21/h4,6-7,10-11H,5,8-9H2,1-3H3,(H,22,27)(H,23,24,25). The van der Waals surface area contributed by atoms with Gasteiger partial charge in [0.25, 0.3) is 5.91 Å². The number of aryl methyl sites for hydroxylation is 1. The van der Waals surface area contributed by atoms with E-state index in [9.17, 15) is 18.0 Å². The van der Waals surface area contributed by atoms with Crippen LogP contribution in [0.1, 0.15) is 28.2 Å². The number of alkyl halides is 3. The van der Waals surface area contributed by atoms with E-state index >= 15 is 0 Å². The first-order valence-electron chi connectivity index (χ1n) is 8.38. The van der Waals surface area contributed by atoms with Crippen LogP contribution < -0.4 is 10.6 Å². The number of benzene rings is 1. The third-order valence-corrected chi connectivity index (χ3v) is 3.60. The summed E-state index contributed by atoms with van der Waals surface area (Å²) in [6.07, 6.45) is -3.65. The zero-order chi connectivity index (χ0) is 20.0. The van der Waals surface area contributed by atoms with Crippen molar-refractivity contribution in [3.05, 3.63) is 47.3 Å². The Kier molecular flexibility index (Phi) is 6.73. The van der Waals surface area contributed by atoms with Gasteiger partial charge in [-0.2, -0.15) is 13.2 Å². The van der Waals surface area contributed by atoms with Gasteiger partial charge in [-0.1, -0.05) is 6.07 Å². The SMILES string of the molecule is Cc1cc(C(=O)NCCCN(C)C)nc(Nc2cccc(C(F)(F)F)c2)n1. The number of aromatic nitrogens is 2. The maximum atomic E-state index is 12.8. The summed E-state index contributed by atoms with van der Waals surface area (Å²) in [6, 6.07) is 6.24. The van der Waals surface area contributed by atoms with Crippen LogP contribution in [0.15, 0.2) is 30.3 Å². The van der Waals surface area contributed by atoms with Gasteiger partial charge in [-0.15, -0.1) is 0 Å². The van der Waals surface area contributed by atoms with Gasteiger partial charge in [0, 0.05) is 17.9 Å². The molecule has 146 valence electrons. The first-order chi connectivity index (χ1) is 12.6. The highest BCUT2D eigenvalue weighted by atomic mass is 19.4. The number of carbonyl (C=O) groups is 1. The number of carbonyl (C=O) groups excluding carboxylic acids is 1. The molecule has 1 aromatic carbocycles. The van der Waals surface area contributed by atoms with Gasteiger partial charge in [0.2, 0.25) is 5.95 Å². The van der Waals surface area contributed by atoms with Crippen LogP contribution in [-0.4, -0.2) is 48.0 Å². The normalized spacial score (nSPS) is 11.5. The molecular formula is C18H22F3N5O. The Morgan fingerprint density at radius 3 is 2.59 bits per heavy atom. The molecule has 0 spiro atoms. The number of anilines is 2. The zero-order valence-electron chi connectivity index (χ0n) is 15.4. The molecule has 6 nitrogen and oxygen atoms in total. The van der Waals surface area contributed by atoms with Crippen LogP contribution in [0.3, 0.4) is 0 Å². The minimum atomic E-state index is -4.44. The Labute approximate surface area is 155 Å². The fourth-order valence-corrected chi connectivity index (χ4v) is 2.33. The molecule has 0 bridgehead atoms. The minimum Gasteiger partial charge on any atom is -0.351 e. The van der Waals surface area contributed by atoms with Crippen molar-refractivity contribution in [2.24, 2.45) is 0 Å². The molecule has 0 aliphatic carbocycles. The van der Waals surface area contributed by atoms with E-state index in [1.165, 1.54) is 18.2 Å². The molecule has 2 N–H and O–H groups in total. The Morgan fingerprint density at radius 2 is 1.93 bits per heavy atom. The van der Waals surface area contributed by atoms with Crippen LogP contribution in [0.5, 0.6) is 0 Å². The van der Waals surface area contributed by atoms with Crippen LogP contribution in [-0.2, 0) is 6.18 Å². The lowest BCUT2D eigenvalue weighted by Gasteiger charge is -2.12. The van der Waals surface area contributed by atoms with Gasteiger partial charge < -0.3 is 15.5 Å². The molecule has 1 aromatic heterocycles. The lowest BCUT2D eigenvalue weighted by atomic mass is 10.2. The molecule has 27 heavy (non-hydrogen) atoms. The van der Waals surface area contributed by atoms with Gasteiger partial charge in [0.05, 0.1) is 5.56 Å². The van der Waals surface area contributed by atoms with E-state index < -0.39 is 11.7 Å². The number of nitrogens with zero attached hydrogens (tertiary/aromatic N) is 3. The van der Waals surface area contributed by atoms with E-state index in [0.717, 1.165) is 25.1 Å². The van der Waals surface area contributed by atoms with Crippen molar-refractivity contribution in [2.45, 2.75) is 19.5 Å². The fraction of sp³-hybridized carbons (Fsp3) is 0.389. The van der Waals surface area contributed by atoms with Crippen molar-refractivity contribution >= 4 is 17.5 Å². The lowest BCUT2D eigenvalue weighted by Crippen LogP contribution is -2.28. The number of rotatable bonds is 7. The maximum Gasteiger partial charge on any atom is 0.416 e. The molecule has 0 radical (unpaired) electrons. The Hall–Kier alpha value is -2.68. The predicted molar refractivity (Wildman–Crippen MR) is 97.0 cm³/mol. The Morgan fingerprint density at radius 1 is 1.19 bits per heavy atom. The minimum absolute atomic E-state index is 0.0627. The monoisotopic (exact) mass is 381 g/mol. The molecular weight excluding hydrogens is 359 g/mol. The molecule has 0 saturated carbocycles. The van der Waals surface area contributed by atoms with E-state index in [-0.39, 0.29) is 23.2 Å². The number of nitrogens with one attached hydrogen (secondary N) is 2. The molecule has 1 heterocycles. The topological polar surface area (TPSA) is 70.2 Å². The molecule has 0 aliphatic heterocycles. The second kappa shape index (κ2) is 8.81. The predicted octanol–water partition coefficient (Wildman–Crippen LogP) is 3.23. The van der Waals surface area contributed by atoms with Crippen molar-refractivity contribution in [1.29, 1.82) is 0 Å². The summed E-state index contributed by atoms with van der Waals surface area (Å²) >= 11 is 0. The van der Waals surface area contributed by atoms with Crippen molar-refractivity contribution in [3.8, 4) is 0 Å². The molecule has 0 unspecified atom stereocenters. The number of halogens is 3. The third-order valence-electron chi connectivity index (χ3n) is 3.60. The molecule has 2 rings (SSSR count). The van der Waals surface area contributed by atoms with Gasteiger partial charge >= 0.3 is 6.18 Å². The molecule has 0 fully saturated rings. The average molecular weight is 381 g/mol. The number of amides is 1. The maximum absolute atomic E-state index is 12.8. The van der Waals surface area contributed by atoms with Gasteiger partial charge in [-0.25, -0.2) is 9.97 Å². The summed E-state index contributed by atoms with van der Waals surface area (Å²) in [7, 11) is 3.89. The van der Waals surface area contributed by atoms with Crippen molar-refractivity contribution in [2.75, 3.05) is 32.5 Å². The van der Waals surface area contributed by atoms with Crippen LogP contribution in [0.4, 0.5) is 24.8 Å². The van der Waals surface area contributed by atoms with Gasteiger partial charge in [-0.05, 0) is 58.3 Å². The summed E-state index contributed by atoms with van der Waals surface area (Å²) < 4.78 is 38.5.